The molecule has 1 saturated heterocycles. The molecule has 88 valence electrons. The van der Waals surface area contributed by atoms with Crippen LogP contribution in [-0.4, -0.2) is 34.0 Å². The van der Waals surface area contributed by atoms with Crippen molar-refractivity contribution in [1.82, 2.24) is 4.98 Å². The molecule has 2 rings (SSSR count). The Morgan fingerprint density at radius 2 is 2.31 bits per heavy atom. The zero-order valence-corrected chi connectivity index (χ0v) is 10.6. The van der Waals surface area contributed by atoms with Gasteiger partial charge in [-0.15, -0.1) is 0 Å². The Hall–Kier alpha value is -0.200. The van der Waals surface area contributed by atoms with Gasteiger partial charge in [-0.1, -0.05) is 17.7 Å². The van der Waals surface area contributed by atoms with Gasteiger partial charge in [-0.3, -0.25) is 0 Å². The molecule has 0 bridgehead atoms. The summed E-state index contributed by atoms with van der Waals surface area (Å²) >= 11 is 9.20. The number of pyridine rings is 1. The lowest BCUT2D eigenvalue weighted by Gasteiger charge is -2.13. The number of rotatable bonds is 2. The van der Waals surface area contributed by atoms with Gasteiger partial charge in [0.1, 0.15) is 15.9 Å². The Morgan fingerprint density at radius 3 is 2.88 bits per heavy atom. The number of nitrogens with zero attached hydrogens (tertiary/aromatic N) is 1. The molecule has 0 saturated carbocycles. The van der Waals surface area contributed by atoms with Crippen molar-refractivity contribution in [2.75, 3.05) is 6.61 Å². The van der Waals surface area contributed by atoms with Gasteiger partial charge < -0.3 is 14.9 Å². The highest BCUT2D eigenvalue weighted by atomic mass is 79.9. The molecule has 6 heteroatoms. The Labute approximate surface area is 106 Å². The minimum atomic E-state index is -0.658. The lowest BCUT2D eigenvalue weighted by molar-refractivity contribution is -0.0226. The van der Waals surface area contributed by atoms with Crippen molar-refractivity contribution < 1.29 is 14.9 Å². The van der Waals surface area contributed by atoms with Gasteiger partial charge in [0.05, 0.1) is 18.8 Å². The summed E-state index contributed by atoms with van der Waals surface area (Å²) in [7, 11) is 0. The molecule has 1 aromatic heterocycles. The zero-order valence-electron chi connectivity index (χ0n) is 8.31. The molecule has 0 radical (unpaired) electrons. The fourth-order valence-corrected chi connectivity index (χ4v) is 2.44. The van der Waals surface area contributed by atoms with E-state index in [1.54, 1.807) is 12.1 Å². The first-order chi connectivity index (χ1) is 7.61. The fraction of sp³-hybridized carbons (Fsp3) is 0.500. The third-order valence-electron chi connectivity index (χ3n) is 2.59. The Balaban J connectivity index is 2.20. The van der Waals surface area contributed by atoms with Crippen LogP contribution in [0.25, 0.3) is 0 Å². The van der Waals surface area contributed by atoms with Crippen LogP contribution in [0, 0.1) is 0 Å². The molecule has 0 unspecified atom stereocenters. The first-order valence-corrected chi connectivity index (χ1v) is 6.05. The van der Waals surface area contributed by atoms with Gasteiger partial charge >= 0.3 is 0 Å². The maximum absolute atomic E-state index is 9.61. The van der Waals surface area contributed by atoms with Crippen LogP contribution in [0.4, 0.5) is 0 Å². The van der Waals surface area contributed by atoms with Crippen LogP contribution in [0.2, 0.25) is 5.15 Å². The van der Waals surface area contributed by atoms with Crippen molar-refractivity contribution in [2.24, 2.45) is 0 Å². The van der Waals surface area contributed by atoms with E-state index < -0.39 is 12.2 Å². The predicted octanol–water partition coefficient (Wildman–Crippen LogP) is 1.68. The summed E-state index contributed by atoms with van der Waals surface area (Å²) in [4.78, 5) is 4.05. The third-order valence-corrected chi connectivity index (χ3v) is 3.34. The number of hydrogen-bond donors (Lipinski definition) is 2. The van der Waals surface area contributed by atoms with Crippen LogP contribution < -0.4 is 0 Å². The molecule has 0 aliphatic carbocycles. The summed E-state index contributed by atoms with van der Waals surface area (Å²) in [6.45, 7) is -0.195. The lowest BCUT2D eigenvalue weighted by Crippen LogP contribution is -2.24. The SMILES string of the molecule is OC[C@H]1O[C@@H](c2ccc(Br)nc2Cl)C[C@@H]1O. The van der Waals surface area contributed by atoms with Crippen molar-refractivity contribution in [3.63, 3.8) is 0 Å². The van der Waals surface area contributed by atoms with Crippen LogP contribution in [-0.2, 0) is 4.74 Å². The minimum Gasteiger partial charge on any atom is -0.394 e. The number of ether oxygens (including phenoxy) is 1. The van der Waals surface area contributed by atoms with E-state index >= 15 is 0 Å². The lowest BCUT2D eigenvalue weighted by atomic mass is 10.1. The largest absolute Gasteiger partial charge is 0.394 e. The van der Waals surface area contributed by atoms with Crippen molar-refractivity contribution >= 4 is 27.5 Å². The summed E-state index contributed by atoms with van der Waals surface area (Å²) < 4.78 is 6.14. The van der Waals surface area contributed by atoms with Crippen LogP contribution in [0.3, 0.4) is 0 Å². The third kappa shape index (κ3) is 2.38. The Bertz CT molecular complexity index is 390. The van der Waals surface area contributed by atoms with E-state index in [0.717, 1.165) is 5.56 Å². The van der Waals surface area contributed by atoms with Crippen molar-refractivity contribution in [1.29, 1.82) is 0 Å². The highest BCUT2D eigenvalue weighted by Crippen LogP contribution is 2.36. The van der Waals surface area contributed by atoms with E-state index in [1.807, 2.05) is 0 Å². The van der Waals surface area contributed by atoms with E-state index in [1.165, 1.54) is 0 Å². The Morgan fingerprint density at radius 1 is 1.56 bits per heavy atom. The summed E-state index contributed by atoms with van der Waals surface area (Å²) in [5.74, 6) is 0. The second-order valence-corrected chi connectivity index (χ2v) is 4.83. The van der Waals surface area contributed by atoms with Crippen molar-refractivity contribution in [3.05, 3.63) is 27.5 Å². The average Bonchev–Trinajstić information content (AvgIpc) is 2.59. The second kappa shape index (κ2) is 4.98. The summed E-state index contributed by atoms with van der Waals surface area (Å²) in [5.41, 5.74) is 0.736. The van der Waals surface area contributed by atoms with Gasteiger partial charge in [0.25, 0.3) is 0 Å². The number of aliphatic hydroxyl groups is 2. The van der Waals surface area contributed by atoms with Gasteiger partial charge in [-0.2, -0.15) is 0 Å². The fourth-order valence-electron chi connectivity index (χ4n) is 1.76. The van der Waals surface area contributed by atoms with Crippen LogP contribution in [0.15, 0.2) is 16.7 Å². The van der Waals surface area contributed by atoms with E-state index in [9.17, 15) is 5.11 Å². The molecule has 1 aliphatic rings. The van der Waals surface area contributed by atoms with Gasteiger partial charge in [0.2, 0.25) is 0 Å². The topological polar surface area (TPSA) is 62.6 Å². The highest BCUT2D eigenvalue weighted by molar-refractivity contribution is 9.10. The van der Waals surface area contributed by atoms with E-state index in [0.29, 0.717) is 16.2 Å². The quantitative estimate of drug-likeness (QED) is 0.816. The summed E-state index contributed by atoms with van der Waals surface area (Å²) in [6.07, 6.45) is -1.08. The molecule has 3 atom stereocenters. The molecule has 1 aliphatic heterocycles. The second-order valence-electron chi connectivity index (χ2n) is 3.66. The number of aromatic nitrogens is 1. The summed E-state index contributed by atoms with van der Waals surface area (Å²) in [6, 6.07) is 3.57. The molecular formula is C10H11BrClNO3. The molecule has 1 aromatic rings. The molecule has 0 spiro atoms. The van der Waals surface area contributed by atoms with Crippen LogP contribution in [0.1, 0.15) is 18.1 Å². The number of hydrogen-bond acceptors (Lipinski definition) is 4. The molecule has 0 aromatic carbocycles. The smallest absolute Gasteiger partial charge is 0.136 e. The normalized spacial score (nSPS) is 29.6. The van der Waals surface area contributed by atoms with E-state index in [-0.39, 0.29) is 12.7 Å². The Kier molecular flexibility index (Phi) is 3.81. The highest BCUT2D eigenvalue weighted by Gasteiger charge is 2.35. The maximum atomic E-state index is 9.61. The first-order valence-electron chi connectivity index (χ1n) is 4.88. The van der Waals surface area contributed by atoms with Gasteiger partial charge in [0, 0.05) is 12.0 Å². The maximum Gasteiger partial charge on any atom is 0.136 e. The van der Waals surface area contributed by atoms with Gasteiger partial charge in [-0.05, 0) is 22.0 Å². The molecule has 16 heavy (non-hydrogen) atoms. The average molecular weight is 309 g/mol. The number of aliphatic hydroxyl groups excluding tert-OH is 2. The van der Waals surface area contributed by atoms with E-state index in [4.69, 9.17) is 21.4 Å². The van der Waals surface area contributed by atoms with E-state index in [2.05, 4.69) is 20.9 Å². The number of halogens is 2. The molecular weight excluding hydrogens is 297 g/mol. The summed E-state index contributed by atoms with van der Waals surface area (Å²) in [5, 5.41) is 18.9. The standard InChI is InChI=1S/C10H11BrClNO3/c11-9-2-1-5(10(12)13-9)7-3-6(15)8(4-14)16-7/h1-2,6-8,14-15H,3-4H2/t6-,7+,8+/m0/s1. The molecule has 2 N–H and O–H groups in total. The van der Waals surface area contributed by atoms with Crippen molar-refractivity contribution in [2.45, 2.75) is 24.7 Å². The molecule has 1 fully saturated rings. The van der Waals surface area contributed by atoms with Gasteiger partial charge in [0.15, 0.2) is 0 Å². The predicted molar refractivity (Wildman–Crippen MR) is 62.3 cm³/mol. The van der Waals surface area contributed by atoms with Gasteiger partial charge in [-0.25, -0.2) is 4.98 Å². The van der Waals surface area contributed by atoms with Crippen LogP contribution >= 0.6 is 27.5 Å². The first kappa shape index (κ1) is 12.3. The zero-order chi connectivity index (χ0) is 11.7. The molecule has 2 heterocycles. The molecule has 4 nitrogen and oxygen atoms in total. The minimum absolute atomic E-state index is 0.195. The monoisotopic (exact) mass is 307 g/mol. The van der Waals surface area contributed by atoms with Crippen LogP contribution in [0.5, 0.6) is 0 Å². The van der Waals surface area contributed by atoms with Crippen molar-refractivity contribution in [3.8, 4) is 0 Å². The molecule has 0 amide bonds.